The summed E-state index contributed by atoms with van der Waals surface area (Å²) in [5.41, 5.74) is 2.04. The van der Waals surface area contributed by atoms with Crippen molar-refractivity contribution >= 4 is 15.7 Å². The van der Waals surface area contributed by atoms with Gasteiger partial charge in [-0.15, -0.1) is 0 Å². The number of piperazine rings is 1. The van der Waals surface area contributed by atoms with Gasteiger partial charge in [-0.3, -0.25) is 9.69 Å². The largest absolute Gasteiger partial charge is 0.338 e. The zero-order valence-electron chi connectivity index (χ0n) is 17.3. The van der Waals surface area contributed by atoms with Crippen LogP contribution in [0.5, 0.6) is 0 Å². The molecule has 0 aliphatic carbocycles. The number of sulfone groups is 1. The highest BCUT2D eigenvalue weighted by Gasteiger charge is 2.24. The minimum absolute atomic E-state index is 0.0724. The van der Waals surface area contributed by atoms with Crippen LogP contribution in [0, 0.1) is 0 Å². The maximum absolute atomic E-state index is 12.9. The van der Waals surface area contributed by atoms with E-state index < -0.39 is 9.84 Å². The van der Waals surface area contributed by atoms with Gasteiger partial charge in [0.1, 0.15) is 0 Å². The zero-order chi connectivity index (χ0) is 21.8. The maximum atomic E-state index is 12.9. The SMILES string of the molecule is CS(=O)(=O)Cc1cccc(C(=O)N2CCN(Cc3nc(-c4ccccc4)no3)CC2)c1. The highest BCUT2D eigenvalue weighted by atomic mass is 32.2. The number of amides is 1. The van der Waals surface area contributed by atoms with Gasteiger partial charge in [-0.05, 0) is 17.7 Å². The summed E-state index contributed by atoms with van der Waals surface area (Å²) < 4.78 is 28.5. The molecule has 1 aliphatic heterocycles. The summed E-state index contributed by atoms with van der Waals surface area (Å²) in [7, 11) is -3.15. The molecule has 2 aromatic carbocycles. The fourth-order valence-corrected chi connectivity index (χ4v) is 4.39. The standard InChI is InChI=1S/C22H24N4O4S/c1-31(28,29)16-17-6-5-9-19(14-17)22(27)26-12-10-25(11-13-26)15-20-23-21(24-30-20)18-7-3-2-4-8-18/h2-9,14H,10-13,15-16H2,1H3. The van der Waals surface area contributed by atoms with Gasteiger partial charge in [-0.2, -0.15) is 4.98 Å². The highest BCUT2D eigenvalue weighted by molar-refractivity contribution is 7.89. The molecule has 0 saturated carbocycles. The van der Waals surface area contributed by atoms with E-state index in [1.165, 1.54) is 6.26 Å². The van der Waals surface area contributed by atoms with Crippen molar-refractivity contribution in [3.05, 3.63) is 71.6 Å². The minimum atomic E-state index is -3.15. The van der Waals surface area contributed by atoms with Crippen molar-refractivity contribution in [1.82, 2.24) is 19.9 Å². The lowest BCUT2D eigenvalue weighted by Crippen LogP contribution is -2.48. The van der Waals surface area contributed by atoms with Gasteiger partial charge in [0, 0.05) is 43.6 Å². The minimum Gasteiger partial charge on any atom is -0.338 e. The highest BCUT2D eigenvalue weighted by Crippen LogP contribution is 2.17. The predicted molar refractivity (Wildman–Crippen MR) is 116 cm³/mol. The molecule has 0 N–H and O–H groups in total. The van der Waals surface area contributed by atoms with E-state index in [0.717, 1.165) is 5.56 Å². The predicted octanol–water partition coefficient (Wildman–Crippen LogP) is 2.24. The molecule has 8 nitrogen and oxygen atoms in total. The van der Waals surface area contributed by atoms with Gasteiger partial charge in [0.05, 0.1) is 12.3 Å². The van der Waals surface area contributed by atoms with Gasteiger partial charge in [0.25, 0.3) is 5.91 Å². The van der Waals surface area contributed by atoms with E-state index in [2.05, 4.69) is 15.0 Å². The van der Waals surface area contributed by atoms with Crippen molar-refractivity contribution in [2.75, 3.05) is 32.4 Å². The average Bonchev–Trinajstić information content (AvgIpc) is 3.22. The molecule has 9 heteroatoms. The number of hydrogen-bond donors (Lipinski definition) is 0. The Bertz CT molecular complexity index is 1150. The zero-order valence-corrected chi connectivity index (χ0v) is 18.1. The first-order chi connectivity index (χ1) is 14.9. The molecule has 0 spiro atoms. The molecule has 0 atom stereocenters. The van der Waals surface area contributed by atoms with E-state index in [1.54, 1.807) is 29.2 Å². The van der Waals surface area contributed by atoms with Crippen LogP contribution < -0.4 is 0 Å². The van der Waals surface area contributed by atoms with Gasteiger partial charge in [-0.25, -0.2) is 8.42 Å². The van der Waals surface area contributed by atoms with Crippen LogP contribution in [0.15, 0.2) is 59.1 Å². The molecule has 31 heavy (non-hydrogen) atoms. The molecule has 0 radical (unpaired) electrons. The molecule has 3 aromatic rings. The summed E-state index contributed by atoms with van der Waals surface area (Å²) in [6, 6.07) is 16.5. The lowest BCUT2D eigenvalue weighted by atomic mass is 10.1. The smallest absolute Gasteiger partial charge is 0.253 e. The van der Waals surface area contributed by atoms with Crippen molar-refractivity contribution < 1.29 is 17.7 Å². The third-order valence-corrected chi connectivity index (χ3v) is 5.98. The van der Waals surface area contributed by atoms with Crippen molar-refractivity contribution in [3.8, 4) is 11.4 Å². The summed E-state index contributed by atoms with van der Waals surface area (Å²) in [5, 5.41) is 4.05. The molecule has 1 aromatic heterocycles. The molecule has 162 valence electrons. The molecule has 1 amide bonds. The third-order valence-electron chi connectivity index (χ3n) is 5.12. The van der Waals surface area contributed by atoms with Crippen molar-refractivity contribution in [1.29, 1.82) is 0 Å². The first kappa shape index (κ1) is 21.2. The monoisotopic (exact) mass is 440 g/mol. The van der Waals surface area contributed by atoms with Gasteiger partial charge in [0.2, 0.25) is 11.7 Å². The van der Waals surface area contributed by atoms with E-state index in [-0.39, 0.29) is 11.7 Å². The van der Waals surface area contributed by atoms with E-state index in [9.17, 15) is 13.2 Å². The third kappa shape index (κ3) is 5.56. The van der Waals surface area contributed by atoms with Crippen LogP contribution in [-0.2, 0) is 22.1 Å². The van der Waals surface area contributed by atoms with E-state index >= 15 is 0 Å². The molecule has 0 unspecified atom stereocenters. The van der Waals surface area contributed by atoms with E-state index in [0.29, 0.717) is 55.6 Å². The lowest BCUT2D eigenvalue weighted by Gasteiger charge is -2.34. The molecule has 1 saturated heterocycles. The van der Waals surface area contributed by atoms with Gasteiger partial charge in [-0.1, -0.05) is 47.6 Å². The fraction of sp³-hybridized carbons (Fsp3) is 0.318. The van der Waals surface area contributed by atoms with Crippen LogP contribution in [0.2, 0.25) is 0 Å². The molecule has 4 rings (SSSR count). The van der Waals surface area contributed by atoms with Crippen LogP contribution >= 0.6 is 0 Å². The van der Waals surface area contributed by atoms with Crippen molar-refractivity contribution in [2.24, 2.45) is 0 Å². The second kappa shape index (κ2) is 8.99. The topological polar surface area (TPSA) is 96.6 Å². The number of aromatic nitrogens is 2. The average molecular weight is 441 g/mol. The van der Waals surface area contributed by atoms with Crippen molar-refractivity contribution in [3.63, 3.8) is 0 Å². The number of rotatable bonds is 6. The van der Waals surface area contributed by atoms with Crippen molar-refractivity contribution in [2.45, 2.75) is 12.3 Å². The number of benzene rings is 2. The molecule has 1 aliphatic rings. The quantitative estimate of drug-likeness (QED) is 0.580. The summed E-state index contributed by atoms with van der Waals surface area (Å²) in [6.45, 7) is 3.07. The molecular weight excluding hydrogens is 416 g/mol. The van der Waals surface area contributed by atoms with Crippen LogP contribution in [-0.4, -0.2) is 66.7 Å². The molecule has 0 bridgehead atoms. The number of nitrogens with zero attached hydrogens (tertiary/aromatic N) is 4. The fourth-order valence-electron chi connectivity index (χ4n) is 3.60. The Balaban J connectivity index is 1.33. The molecular formula is C22H24N4O4S. The van der Waals surface area contributed by atoms with Crippen LogP contribution in [0.4, 0.5) is 0 Å². The number of carbonyl (C=O) groups excluding carboxylic acids is 1. The van der Waals surface area contributed by atoms with Gasteiger partial charge < -0.3 is 9.42 Å². The van der Waals surface area contributed by atoms with Crippen LogP contribution in [0.3, 0.4) is 0 Å². The second-order valence-corrected chi connectivity index (χ2v) is 9.86. The molecule has 2 heterocycles. The summed E-state index contributed by atoms with van der Waals surface area (Å²) in [6.07, 6.45) is 1.19. The Labute approximate surface area is 181 Å². The van der Waals surface area contributed by atoms with Crippen LogP contribution in [0.1, 0.15) is 21.8 Å². The van der Waals surface area contributed by atoms with E-state index in [4.69, 9.17) is 4.52 Å². The van der Waals surface area contributed by atoms with Gasteiger partial charge in [0.15, 0.2) is 9.84 Å². The van der Waals surface area contributed by atoms with Gasteiger partial charge >= 0.3 is 0 Å². The summed E-state index contributed by atoms with van der Waals surface area (Å²) in [4.78, 5) is 21.3. The summed E-state index contributed by atoms with van der Waals surface area (Å²) >= 11 is 0. The van der Waals surface area contributed by atoms with E-state index in [1.807, 2.05) is 30.3 Å². The normalized spacial score (nSPS) is 15.2. The second-order valence-electron chi connectivity index (χ2n) is 7.72. The Kier molecular flexibility index (Phi) is 6.15. The van der Waals surface area contributed by atoms with Crippen LogP contribution in [0.25, 0.3) is 11.4 Å². The molecule has 1 fully saturated rings. The lowest BCUT2D eigenvalue weighted by molar-refractivity contribution is 0.0615. The Morgan fingerprint density at radius 3 is 2.48 bits per heavy atom. The summed E-state index contributed by atoms with van der Waals surface area (Å²) in [5.74, 6) is 0.960. The number of hydrogen-bond acceptors (Lipinski definition) is 7. The Morgan fingerprint density at radius 1 is 1.03 bits per heavy atom. The first-order valence-electron chi connectivity index (χ1n) is 10.0. The first-order valence-corrected chi connectivity index (χ1v) is 12.1. The Hall–Kier alpha value is -3.04. The maximum Gasteiger partial charge on any atom is 0.253 e. The number of carbonyl (C=O) groups is 1. The Morgan fingerprint density at radius 2 is 1.77 bits per heavy atom.